The van der Waals surface area contributed by atoms with E-state index in [9.17, 15) is 9.59 Å². The molecule has 1 rings (SSSR count). The van der Waals surface area contributed by atoms with E-state index in [1.165, 1.54) is 4.57 Å². The smallest absolute Gasteiger partial charge is 0.307 e. The van der Waals surface area contributed by atoms with E-state index < -0.39 is 0 Å². The Hall–Kier alpha value is -1.14. The molecule has 1 atom stereocenters. The molecule has 0 radical (unpaired) electrons. The molecule has 0 aliphatic heterocycles. The van der Waals surface area contributed by atoms with Crippen molar-refractivity contribution in [3.63, 3.8) is 0 Å². The average molecular weight is 258 g/mol. The summed E-state index contributed by atoms with van der Waals surface area (Å²) in [7, 11) is 0. The molecule has 5 nitrogen and oxygen atoms in total. The van der Waals surface area contributed by atoms with Gasteiger partial charge in [0.1, 0.15) is 6.54 Å². The standard InChI is InChI=1S/C11H18N2O3S/c1-7(2)9(5-14)12-10(15)4-13-8(3)6-17-11(13)16/h6-7,9,14H,4-5H2,1-3H3,(H,12,15). The van der Waals surface area contributed by atoms with E-state index in [0.717, 1.165) is 17.0 Å². The van der Waals surface area contributed by atoms with Crippen molar-refractivity contribution < 1.29 is 9.90 Å². The summed E-state index contributed by atoms with van der Waals surface area (Å²) < 4.78 is 1.43. The number of rotatable bonds is 5. The molecule has 17 heavy (non-hydrogen) atoms. The molecule has 0 aromatic carbocycles. The monoisotopic (exact) mass is 258 g/mol. The summed E-state index contributed by atoms with van der Waals surface area (Å²) >= 11 is 1.08. The number of aliphatic hydroxyl groups excluding tert-OH is 1. The molecule has 0 spiro atoms. The summed E-state index contributed by atoms with van der Waals surface area (Å²) in [6, 6.07) is -0.267. The molecule has 6 heteroatoms. The molecule has 1 aromatic rings. The van der Waals surface area contributed by atoms with E-state index in [1.807, 2.05) is 13.8 Å². The summed E-state index contributed by atoms with van der Waals surface area (Å²) in [5, 5.41) is 13.5. The van der Waals surface area contributed by atoms with Gasteiger partial charge in [-0.05, 0) is 12.8 Å². The van der Waals surface area contributed by atoms with Crippen LogP contribution in [0.4, 0.5) is 0 Å². The van der Waals surface area contributed by atoms with Crippen LogP contribution >= 0.6 is 11.3 Å². The highest BCUT2D eigenvalue weighted by Gasteiger charge is 2.16. The van der Waals surface area contributed by atoms with Gasteiger partial charge in [-0.2, -0.15) is 0 Å². The maximum Gasteiger partial charge on any atom is 0.307 e. The zero-order valence-corrected chi connectivity index (χ0v) is 11.1. The summed E-state index contributed by atoms with van der Waals surface area (Å²) in [4.78, 5) is 23.0. The Kier molecular flexibility index (Phi) is 4.89. The van der Waals surface area contributed by atoms with Crippen LogP contribution in [0.3, 0.4) is 0 Å². The van der Waals surface area contributed by atoms with Crippen molar-refractivity contribution in [3.05, 3.63) is 20.7 Å². The van der Waals surface area contributed by atoms with Crippen LogP contribution in [-0.2, 0) is 11.3 Å². The van der Waals surface area contributed by atoms with Crippen LogP contribution in [0.15, 0.2) is 10.2 Å². The second-order valence-corrected chi connectivity index (χ2v) is 5.15. The van der Waals surface area contributed by atoms with Crippen LogP contribution in [0, 0.1) is 12.8 Å². The molecule has 0 bridgehead atoms. The van der Waals surface area contributed by atoms with E-state index >= 15 is 0 Å². The zero-order chi connectivity index (χ0) is 13.0. The van der Waals surface area contributed by atoms with E-state index in [0.29, 0.717) is 0 Å². The molecule has 1 unspecified atom stereocenters. The zero-order valence-electron chi connectivity index (χ0n) is 10.3. The van der Waals surface area contributed by atoms with Gasteiger partial charge in [-0.3, -0.25) is 14.2 Å². The number of aliphatic hydroxyl groups is 1. The normalized spacial score (nSPS) is 12.8. The Morgan fingerprint density at radius 3 is 2.65 bits per heavy atom. The number of aryl methyl sites for hydroxylation is 1. The highest BCUT2D eigenvalue weighted by Crippen LogP contribution is 2.02. The minimum atomic E-state index is -0.267. The SMILES string of the molecule is Cc1csc(=O)n1CC(=O)NC(CO)C(C)C. The minimum Gasteiger partial charge on any atom is -0.394 e. The maximum atomic E-state index is 11.7. The Labute approximate surface area is 104 Å². The first-order valence-corrected chi connectivity index (χ1v) is 6.38. The van der Waals surface area contributed by atoms with Gasteiger partial charge in [-0.1, -0.05) is 25.2 Å². The van der Waals surface area contributed by atoms with Gasteiger partial charge in [-0.15, -0.1) is 0 Å². The summed E-state index contributed by atoms with van der Waals surface area (Å²) in [6.45, 7) is 5.54. The molecule has 0 saturated carbocycles. The molecular weight excluding hydrogens is 240 g/mol. The lowest BCUT2D eigenvalue weighted by Gasteiger charge is -2.20. The number of hydrogen-bond acceptors (Lipinski definition) is 4. The lowest BCUT2D eigenvalue weighted by Crippen LogP contribution is -2.43. The van der Waals surface area contributed by atoms with Crippen molar-refractivity contribution in [2.24, 2.45) is 5.92 Å². The summed E-state index contributed by atoms with van der Waals surface area (Å²) in [5.74, 6) is -0.0920. The second-order valence-electron chi connectivity index (χ2n) is 4.33. The molecule has 1 amide bonds. The lowest BCUT2D eigenvalue weighted by molar-refractivity contribution is -0.123. The van der Waals surface area contributed by atoms with Gasteiger partial charge >= 0.3 is 4.87 Å². The van der Waals surface area contributed by atoms with Gasteiger partial charge in [0, 0.05) is 11.1 Å². The molecule has 96 valence electrons. The van der Waals surface area contributed by atoms with Crippen molar-refractivity contribution in [2.75, 3.05) is 6.61 Å². The quantitative estimate of drug-likeness (QED) is 0.800. The predicted octanol–water partition coefficient (Wildman–Crippen LogP) is 0.351. The molecular formula is C11H18N2O3S. The lowest BCUT2D eigenvalue weighted by atomic mass is 10.1. The first-order chi connectivity index (χ1) is 7.95. The van der Waals surface area contributed by atoms with Crippen LogP contribution in [0.5, 0.6) is 0 Å². The fourth-order valence-corrected chi connectivity index (χ4v) is 2.15. The Bertz CT molecular complexity index is 436. The maximum absolute atomic E-state index is 11.7. The first kappa shape index (κ1) is 13.9. The van der Waals surface area contributed by atoms with Gasteiger partial charge in [0.15, 0.2) is 0 Å². The van der Waals surface area contributed by atoms with Crippen LogP contribution < -0.4 is 10.2 Å². The van der Waals surface area contributed by atoms with Crippen LogP contribution in [-0.4, -0.2) is 28.2 Å². The van der Waals surface area contributed by atoms with Crippen molar-refractivity contribution in [3.8, 4) is 0 Å². The Morgan fingerprint density at radius 2 is 2.24 bits per heavy atom. The highest BCUT2D eigenvalue weighted by molar-refractivity contribution is 7.07. The molecule has 0 fully saturated rings. The van der Waals surface area contributed by atoms with Crippen molar-refractivity contribution in [2.45, 2.75) is 33.4 Å². The van der Waals surface area contributed by atoms with Gasteiger partial charge in [0.05, 0.1) is 12.6 Å². The van der Waals surface area contributed by atoms with E-state index in [2.05, 4.69) is 5.32 Å². The number of hydrogen-bond donors (Lipinski definition) is 2. The van der Waals surface area contributed by atoms with Crippen LogP contribution in [0.1, 0.15) is 19.5 Å². The van der Waals surface area contributed by atoms with Crippen LogP contribution in [0.25, 0.3) is 0 Å². The largest absolute Gasteiger partial charge is 0.394 e. The highest BCUT2D eigenvalue weighted by atomic mass is 32.1. The number of carbonyl (C=O) groups is 1. The van der Waals surface area contributed by atoms with Gasteiger partial charge < -0.3 is 10.4 Å². The third-order valence-corrected chi connectivity index (χ3v) is 3.51. The number of amides is 1. The van der Waals surface area contributed by atoms with Crippen molar-refractivity contribution in [1.82, 2.24) is 9.88 Å². The average Bonchev–Trinajstić information content (AvgIpc) is 2.57. The molecule has 0 aliphatic rings. The Morgan fingerprint density at radius 1 is 1.59 bits per heavy atom. The van der Waals surface area contributed by atoms with E-state index in [1.54, 1.807) is 12.3 Å². The molecule has 1 heterocycles. The fraction of sp³-hybridized carbons (Fsp3) is 0.636. The fourth-order valence-electron chi connectivity index (χ4n) is 1.42. The predicted molar refractivity (Wildman–Crippen MR) is 67.2 cm³/mol. The summed E-state index contributed by atoms with van der Waals surface area (Å²) in [5.41, 5.74) is 0.778. The van der Waals surface area contributed by atoms with Crippen LogP contribution in [0.2, 0.25) is 0 Å². The van der Waals surface area contributed by atoms with Crippen molar-refractivity contribution >= 4 is 17.2 Å². The topological polar surface area (TPSA) is 71.3 Å². The van der Waals surface area contributed by atoms with Gasteiger partial charge in [0.25, 0.3) is 0 Å². The number of nitrogens with one attached hydrogen (secondary N) is 1. The third kappa shape index (κ3) is 3.67. The van der Waals surface area contributed by atoms with Crippen molar-refractivity contribution in [1.29, 1.82) is 0 Å². The third-order valence-electron chi connectivity index (χ3n) is 2.63. The molecule has 0 aliphatic carbocycles. The van der Waals surface area contributed by atoms with Gasteiger partial charge in [0.2, 0.25) is 5.91 Å². The summed E-state index contributed by atoms with van der Waals surface area (Å²) in [6.07, 6.45) is 0. The molecule has 1 aromatic heterocycles. The number of carbonyl (C=O) groups excluding carboxylic acids is 1. The van der Waals surface area contributed by atoms with E-state index in [4.69, 9.17) is 5.11 Å². The van der Waals surface area contributed by atoms with Gasteiger partial charge in [-0.25, -0.2) is 0 Å². The second kappa shape index (κ2) is 5.97. The first-order valence-electron chi connectivity index (χ1n) is 5.50. The minimum absolute atomic E-state index is 0.0113. The molecule has 0 saturated heterocycles. The Balaban J connectivity index is 2.64. The number of aromatic nitrogens is 1. The number of nitrogens with zero attached hydrogens (tertiary/aromatic N) is 1. The van der Waals surface area contributed by atoms with E-state index in [-0.39, 0.29) is 35.9 Å². The molecule has 2 N–H and O–H groups in total. The number of thiazole rings is 1.